The average molecular weight is 162 g/mol. The van der Waals surface area contributed by atoms with Crippen LogP contribution in [0.15, 0.2) is 18.5 Å². The third-order valence-electron chi connectivity index (χ3n) is 1.84. The predicted molar refractivity (Wildman–Crippen MR) is 46.5 cm³/mol. The molecule has 0 spiro atoms. The van der Waals surface area contributed by atoms with Crippen molar-refractivity contribution in [3.63, 3.8) is 0 Å². The van der Waals surface area contributed by atoms with Gasteiger partial charge in [-0.2, -0.15) is 5.10 Å². The number of hydrogen-bond donors (Lipinski definition) is 2. The summed E-state index contributed by atoms with van der Waals surface area (Å²) in [6, 6.07) is 2.02. The Hall–Kier alpha value is -1.42. The van der Waals surface area contributed by atoms with Gasteiger partial charge in [-0.1, -0.05) is 0 Å². The maximum absolute atomic E-state index is 5.70. The van der Waals surface area contributed by atoms with E-state index in [0.29, 0.717) is 0 Å². The van der Waals surface area contributed by atoms with Gasteiger partial charge < -0.3 is 5.73 Å². The largest absolute Gasteiger partial charge is 0.324 e. The van der Waals surface area contributed by atoms with Crippen LogP contribution < -0.4 is 5.73 Å². The van der Waals surface area contributed by atoms with E-state index in [1.807, 2.05) is 13.0 Å². The fourth-order valence-corrected chi connectivity index (χ4v) is 1.10. The van der Waals surface area contributed by atoms with E-state index in [2.05, 4.69) is 15.2 Å². The fourth-order valence-electron chi connectivity index (χ4n) is 1.10. The molecule has 0 amide bonds. The molecule has 0 saturated heterocycles. The third kappa shape index (κ3) is 1.06. The molecule has 0 saturated carbocycles. The van der Waals surface area contributed by atoms with Crippen molar-refractivity contribution < 1.29 is 0 Å². The van der Waals surface area contributed by atoms with E-state index in [1.165, 1.54) is 0 Å². The van der Waals surface area contributed by atoms with Crippen LogP contribution in [0, 0.1) is 0 Å². The van der Waals surface area contributed by atoms with Crippen LogP contribution in [0.1, 0.15) is 18.5 Å². The van der Waals surface area contributed by atoms with Gasteiger partial charge in [0.2, 0.25) is 0 Å². The molecular formula is C8H10N4. The van der Waals surface area contributed by atoms with Crippen molar-refractivity contribution in [1.82, 2.24) is 15.2 Å². The second-order valence-electron chi connectivity index (χ2n) is 2.87. The van der Waals surface area contributed by atoms with Crippen molar-refractivity contribution in [2.75, 3.05) is 0 Å². The Morgan fingerprint density at radius 3 is 3.08 bits per heavy atom. The van der Waals surface area contributed by atoms with Gasteiger partial charge in [0.05, 0.1) is 6.20 Å². The molecule has 4 nitrogen and oxygen atoms in total. The highest BCUT2D eigenvalue weighted by atomic mass is 15.1. The van der Waals surface area contributed by atoms with Crippen molar-refractivity contribution in [2.45, 2.75) is 13.0 Å². The van der Waals surface area contributed by atoms with E-state index < -0.39 is 0 Å². The number of aromatic amines is 1. The number of hydrogen-bond acceptors (Lipinski definition) is 3. The van der Waals surface area contributed by atoms with E-state index in [4.69, 9.17) is 5.73 Å². The monoisotopic (exact) mass is 162 g/mol. The van der Waals surface area contributed by atoms with Gasteiger partial charge in [-0.25, -0.2) is 4.98 Å². The highest BCUT2D eigenvalue weighted by Crippen LogP contribution is 2.13. The SMILES string of the molecule is C[C@H](N)c1cnc2[nH]ncc2c1. The number of rotatable bonds is 1. The highest BCUT2D eigenvalue weighted by Gasteiger charge is 2.02. The maximum atomic E-state index is 5.70. The summed E-state index contributed by atoms with van der Waals surface area (Å²) in [5.41, 5.74) is 7.54. The number of nitrogens with two attached hydrogens (primary N) is 1. The van der Waals surface area contributed by atoms with Crippen LogP contribution in [0.3, 0.4) is 0 Å². The second kappa shape index (κ2) is 2.57. The first kappa shape index (κ1) is 7.24. The molecule has 0 radical (unpaired) electrons. The summed E-state index contributed by atoms with van der Waals surface area (Å²) in [6.07, 6.45) is 3.51. The molecule has 1 atom stereocenters. The molecule has 0 aliphatic carbocycles. The van der Waals surface area contributed by atoms with Gasteiger partial charge in [-0.3, -0.25) is 5.10 Å². The van der Waals surface area contributed by atoms with Crippen LogP contribution in [0.2, 0.25) is 0 Å². The van der Waals surface area contributed by atoms with E-state index in [-0.39, 0.29) is 6.04 Å². The van der Waals surface area contributed by atoms with Crippen LogP contribution in [-0.2, 0) is 0 Å². The molecule has 0 bridgehead atoms. The molecule has 0 aliphatic rings. The lowest BCUT2D eigenvalue weighted by Crippen LogP contribution is -2.04. The topological polar surface area (TPSA) is 67.6 Å². The third-order valence-corrected chi connectivity index (χ3v) is 1.84. The van der Waals surface area contributed by atoms with Gasteiger partial charge >= 0.3 is 0 Å². The van der Waals surface area contributed by atoms with Crippen molar-refractivity contribution in [3.8, 4) is 0 Å². The Bertz CT molecular complexity index is 391. The maximum Gasteiger partial charge on any atom is 0.155 e. The zero-order valence-electron chi connectivity index (χ0n) is 6.78. The molecule has 62 valence electrons. The lowest BCUT2D eigenvalue weighted by molar-refractivity contribution is 0.814. The van der Waals surface area contributed by atoms with Gasteiger partial charge in [-0.05, 0) is 18.6 Å². The minimum absolute atomic E-state index is 0.0248. The lowest BCUT2D eigenvalue weighted by atomic mass is 10.1. The number of nitrogens with one attached hydrogen (secondary N) is 1. The molecule has 0 unspecified atom stereocenters. The smallest absolute Gasteiger partial charge is 0.155 e. The van der Waals surface area contributed by atoms with Gasteiger partial charge in [0, 0.05) is 17.6 Å². The second-order valence-corrected chi connectivity index (χ2v) is 2.87. The first-order chi connectivity index (χ1) is 5.77. The number of aromatic nitrogens is 3. The van der Waals surface area contributed by atoms with E-state index in [1.54, 1.807) is 12.4 Å². The molecule has 0 aromatic carbocycles. The molecule has 4 heteroatoms. The minimum atomic E-state index is 0.0248. The van der Waals surface area contributed by atoms with Crippen molar-refractivity contribution in [2.24, 2.45) is 5.73 Å². The number of H-pyrrole nitrogens is 1. The minimum Gasteiger partial charge on any atom is -0.324 e. The fraction of sp³-hybridized carbons (Fsp3) is 0.250. The van der Waals surface area contributed by atoms with Crippen molar-refractivity contribution >= 4 is 11.0 Å². The van der Waals surface area contributed by atoms with Gasteiger partial charge in [0.1, 0.15) is 0 Å². The zero-order valence-corrected chi connectivity index (χ0v) is 6.78. The Kier molecular flexibility index (Phi) is 1.55. The van der Waals surface area contributed by atoms with E-state index in [9.17, 15) is 0 Å². The molecule has 0 fully saturated rings. The summed E-state index contributed by atoms with van der Waals surface area (Å²) in [5, 5.41) is 7.66. The molecule has 2 heterocycles. The Morgan fingerprint density at radius 1 is 1.50 bits per heavy atom. The van der Waals surface area contributed by atoms with Gasteiger partial charge in [0.25, 0.3) is 0 Å². The van der Waals surface area contributed by atoms with Crippen LogP contribution in [0.25, 0.3) is 11.0 Å². The molecule has 3 N–H and O–H groups in total. The average Bonchev–Trinajstić information content (AvgIpc) is 2.49. The van der Waals surface area contributed by atoms with Crippen LogP contribution >= 0.6 is 0 Å². The quantitative estimate of drug-likeness (QED) is 0.656. The first-order valence-electron chi connectivity index (χ1n) is 3.82. The van der Waals surface area contributed by atoms with Crippen LogP contribution in [0.5, 0.6) is 0 Å². The Balaban J connectivity index is 2.60. The number of fused-ring (bicyclic) bond motifs is 1. The molecule has 2 aromatic rings. The zero-order chi connectivity index (χ0) is 8.55. The first-order valence-corrected chi connectivity index (χ1v) is 3.82. The van der Waals surface area contributed by atoms with Crippen LogP contribution in [0.4, 0.5) is 0 Å². The highest BCUT2D eigenvalue weighted by molar-refractivity contribution is 5.74. The molecule has 2 aromatic heterocycles. The normalized spacial score (nSPS) is 13.5. The standard InChI is InChI=1S/C8H10N4/c1-5(9)6-2-7-4-11-12-8(7)10-3-6/h2-5H,9H2,1H3,(H,10,11,12)/t5-/m0/s1. The molecular weight excluding hydrogens is 152 g/mol. The van der Waals surface area contributed by atoms with Crippen molar-refractivity contribution in [3.05, 3.63) is 24.0 Å². The summed E-state index contributed by atoms with van der Waals surface area (Å²) in [4.78, 5) is 4.16. The van der Waals surface area contributed by atoms with Crippen LogP contribution in [-0.4, -0.2) is 15.2 Å². The van der Waals surface area contributed by atoms with E-state index >= 15 is 0 Å². The summed E-state index contributed by atoms with van der Waals surface area (Å²) in [5.74, 6) is 0. The van der Waals surface area contributed by atoms with Crippen molar-refractivity contribution in [1.29, 1.82) is 0 Å². The predicted octanol–water partition coefficient (Wildman–Crippen LogP) is 0.978. The summed E-state index contributed by atoms with van der Waals surface area (Å²) < 4.78 is 0. The Morgan fingerprint density at radius 2 is 2.33 bits per heavy atom. The summed E-state index contributed by atoms with van der Waals surface area (Å²) in [6.45, 7) is 1.93. The Labute approximate surface area is 69.8 Å². The lowest BCUT2D eigenvalue weighted by Gasteiger charge is -2.02. The van der Waals surface area contributed by atoms with E-state index in [0.717, 1.165) is 16.6 Å². The number of nitrogens with zero attached hydrogens (tertiary/aromatic N) is 2. The summed E-state index contributed by atoms with van der Waals surface area (Å²) in [7, 11) is 0. The van der Waals surface area contributed by atoms with Gasteiger partial charge in [-0.15, -0.1) is 0 Å². The molecule has 12 heavy (non-hydrogen) atoms. The molecule has 2 rings (SSSR count). The molecule has 0 aliphatic heterocycles. The van der Waals surface area contributed by atoms with Gasteiger partial charge in [0.15, 0.2) is 5.65 Å². The summed E-state index contributed by atoms with van der Waals surface area (Å²) >= 11 is 0. The number of pyridine rings is 1.